The highest BCUT2D eigenvalue weighted by molar-refractivity contribution is 6.31. The summed E-state index contributed by atoms with van der Waals surface area (Å²) in [5.41, 5.74) is 5.68. The van der Waals surface area contributed by atoms with E-state index in [1.807, 2.05) is 0 Å². The van der Waals surface area contributed by atoms with Crippen LogP contribution in [0.3, 0.4) is 0 Å². The average molecular weight is 637 g/mol. The zero-order chi connectivity index (χ0) is 32.0. The summed E-state index contributed by atoms with van der Waals surface area (Å²) in [6.07, 6.45) is 10.0. The summed E-state index contributed by atoms with van der Waals surface area (Å²) >= 11 is 10.8. The van der Waals surface area contributed by atoms with Crippen molar-refractivity contribution in [3.8, 4) is 11.5 Å². The molecule has 5 rings (SSSR count). The van der Waals surface area contributed by atoms with Crippen LogP contribution in [0.25, 0.3) is 0 Å². The number of ether oxygens (including phenoxy) is 2. The summed E-state index contributed by atoms with van der Waals surface area (Å²) in [7, 11) is 5.25. The number of rotatable bonds is 9. The van der Waals surface area contributed by atoms with Crippen molar-refractivity contribution in [2.75, 3.05) is 41.0 Å². The van der Waals surface area contributed by atoms with Crippen molar-refractivity contribution in [2.24, 2.45) is 5.73 Å². The van der Waals surface area contributed by atoms with E-state index in [9.17, 15) is 18.4 Å². The van der Waals surface area contributed by atoms with Gasteiger partial charge in [-0.25, -0.2) is 8.78 Å². The molecule has 236 valence electrons. The lowest BCUT2D eigenvalue weighted by atomic mass is 9.61. The van der Waals surface area contributed by atoms with Gasteiger partial charge in [-0.05, 0) is 76.9 Å². The Morgan fingerprint density at radius 2 is 1.07 bits per heavy atom. The monoisotopic (exact) mass is 635 g/mol. The van der Waals surface area contributed by atoms with Crippen molar-refractivity contribution in [1.29, 1.82) is 0 Å². The van der Waals surface area contributed by atoms with E-state index in [0.717, 1.165) is 19.2 Å². The van der Waals surface area contributed by atoms with Crippen LogP contribution in [0.5, 0.6) is 11.5 Å². The molecular formula is C29H41Cl2F2N3O6. The quantitative estimate of drug-likeness (QED) is 0.299. The number of benzene rings is 2. The van der Waals surface area contributed by atoms with Crippen molar-refractivity contribution in [3.63, 3.8) is 0 Å². The maximum atomic E-state index is 12.7. The highest BCUT2D eigenvalue weighted by Crippen LogP contribution is 2.46. The minimum Gasteiger partial charge on any atom is -0.486 e. The molecule has 2 aromatic carbocycles. The van der Waals surface area contributed by atoms with Crippen molar-refractivity contribution in [1.82, 2.24) is 10.6 Å². The molecule has 0 saturated heterocycles. The van der Waals surface area contributed by atoms with E-state index in [-0.39, 0.29) is 29.8 Å². The summed E-state index contributed by atoms with van der Waals surface area (Å²) < 4.78 is 35.1. The second-order valence-corrected chi connectivity index (χ2v) is 9.88. The van der Waals surface area contributed by atoms with E-state index in [0.29, 0.717) is 41.4 Å². The molecule has 3 saturated carbocycles. The molecule has 0 spiro atoms. The zero-order valence-electron chi connectivity index (χ0n) is 24.1. The fourth-order valence-corrected chi connectivity index (χ4v) is 4.56. The van der Waals surface area contributed by atoms with Crippen molar-refractivity contribution in [3.05, 3.63) is 58.1 Å². The van der Waals surface area contributed by atoms with Gasteiger partial charge in [0.1, 0.15) is 42.6 Å². The number of aliphatic hydroxyl groups is 1. The van der Waals surface area contributed by atoms with Crippen molar-refractivity contribution in [2.45, 2.75) is 49.6 Å². The van der Waals surface area contributed by atoms with Gasteiger partial charge in [0.2, 0.25) is 0 Å². The summed E-state index contributed by atoms with van der Waals surface area (Å²) in [5.74, 6) is -0.520. The Labute approximate surface area is 256 Å². The molecule has 13 heteroatoms. The van der Waals surface area contributed by atoms with Crippen LogP contribution in [0.2, 0.25) is 10.0 Å². The molecule has 2 aromatic rings. The standard InChI is InChI=1S/C10H20N2.2C8H6ClFO2.C2H5NO.CH4O/c1-11-9-3-6-10(12-2,7-4-9)8-5-9;2*9-7-2-1-6(5-8(7)10)12-4-3-11;3-1-2-4;1-2/h11-12H,3-8H2,1-2H3;2*1-3,5H,4H2;2H,1,3H2;2H,1H3. The first kappa shape index (κ1) is 39.3. The molecule has 42 heavy (non-hydrogen) atoms. The van der Waals surface area contributed by atoms with Gasteiger partial charge in [0, 0.05) is 36.9 Å². The first-order valence-electron chi connectivity index (χ1n) is 13.1. The molecule has 0 aliphatic heterocycles. The number of hydrogen-bond donors (Lipinski definition) is 4. The minimum atomic E-state index is -0.555. The van der Waals surface area contributed by atoms with Crippen LogP contribution in [-0.2, 0) is 14.4 Å². The number of aliphatic hydroxyl groups excluding tert-OH is 1. The Morgan fingerprint density at radius 3 is 1.29 bits per heavy atom. The van der Waals surface area contributed by atoms with Crippen LogP contribution >= 0.6 is 23.2 Å². The average Bonchev–Trinajstić information content (AvgIpc) is 3.04. The number of carbonyl (C=O) groups is 3. The predicted octanol–water partition coefficient (Wildman–Crippen LogP) is 4.14. The minimum absolute atomic E-state index is 0.0356. The molecule has 9 nitrogen and oxygen atoms in total. The van der Waals surface area contributed by atoms with E-state index < -0.39 is 11.6 Å². The molecule has 5 N–H and O–H groups in total. The lowest BCUT2D eigenvalue weighted by Gasteiger charge is -2.53. The van der Waals surface area contributed by atoms with Gasteiger partial charge in [0.05, 0.1) is 10.0 Å². The normalized spacial score (nSPS) is 19.5. The van der Waals surface area contributed by atoms with Crippen LogP contribution in [0.1, 0.15) is 38.5 Å². The topological polar surface area (TPSA) is 140 Å². The Kier molecular flexibility index (Phi) is 20.6. The predicted molar refractivity (Wildman–Crippen MR) is 160 cm³/mol. The molecular weight excluding hydrogens is 595 g/mol. The molecule has 3 fully saturated rings. The van der Waals surface area contributed by atoms with Crippen LogP contribution in [-0.4, -0.2) is 76.0 Å². The Morgan fingerprint density at radius 1 is 0.762 bits per heavy atom. The van der Waals surface area contributed by atoms with Gasteiger partial charge in [-0.1, -0.05) is 23.2 Å². The fourth-order valence-electron chi connectivity index (χ4n) is 4.33. The van der Waals surface area contributed by atoms with Gasteiger partial charge in [0.25, 0.3) is 0 Å². The fraction of sp³-hybridized carbons (Fsp3) is 0.483. The second kappa shape index (κ2) is 21.9. The third kappa shape index (κ3) is 14.0. The Bertz CT molecular complexity index is 978. The molecule has 0 aromatic heterocycles. The van der Waals surface area contributed by atoms with Gasteiger partial charge in [-0.15, -0.1) is 0 Å². The number of aldehydes is 3. The molecule has 3 aliphatic rings. The van der Waals surface area contributed by atoms with Crippen molar-refractivity contribution < 1.29 is 37.7 Å². The summed E-state index contributed by atoms with van der Waals surface area (Å²) in [6.45, 7) is -0.0257. The van der Waals surface area contributed by atoms with E-state index >= 15 is 0 Å². The largest absolute Gasteiger partial charge is 0.486 e. The third-order valence-electron chi connectivity index (χ3n) is 6.82. The van der Waals surface area contributed by atoms with Gasteiger partial charge >= 0.3 is 0 Å². The number of nitrogens with one attached hydrogen (secondary N) is 2. The van der Waals surface area contributed by atoms with Crippen LogP contribution < -0.4 is 25.8 Å². The van der Waals surface area contributed by atoms with Crippen LogP contribution in [0.4, 0.5) is 8.78 Å². The van der Waals surface area contributed by atoms with E-state index in [1.165, 1.54) is 62.8 Å². The smallest absolute Gasteiger partial charge is 0.157 e. The van der Waals surface area contributed by atoms with Crippen molar-refractivity contribution >= 4 is 42.1 Å². The first-order chi connectivity index (χ1) is 20.1. The number of nitrogens with two attached hydrogens (primary N) is 1. The molecule has 0 atom stereocenters. The maximum absolute atomic E-state index is 12.7. The van der Waals surface area contributed by atoms with E-state index in [2.05, 4.69) is 30.5 Å². The first-order valence-corrected chi connectivity index (χ1v) is 13.9. The third-order valence-corrected chi connectivity index (χ3v) is 7.43. The zero-order valence-corrected chi connectivity index (χ0v) is 25.6. The second-order valence-electron chi connectivity index (χ2n) is 9.07. The molecule has 0 amide bonds. The Hall–Kier alpha value is -2.67. The van der Waals surface area contributed by atoms with Crippen LogP contribution in [0, 0.1) is 11.6 Å². The lowest BCUT2D eigenvalue weighted by Crippen LogP contribution is -2.60. The van der Waals surface area contributed by atoms with Gasteiger partial charge in [-0.2, -0.15) is 0 Å². The van der Waals surface area contributed by atoms with Gasteiger partial charge < -0.3 is 35.7 Å². The molecule has 0 radical (unpaired) electrons. The van der Waals surface area contributed by atoms with Gasteiger partial charge in [-0.3, -0.25) is 9.59 Å². The van der Waals surface area contributed by atoms with Gasteiger partial charge in [0.15, 0.2) is 12.6 Å². The highest BCUT2D eigenvalue weighted by Gasteiger charge is 2.46. The lowest BCUT2D eigenvalue weighted by molar-refractivity contribution is -0.110. The maximum Gasteiger partial charge on any atom is 0.157 e. The Balaban J connectivity index is 0.000000548. The number of halogens is 4. The summed E-state index contributed by atoms with van der Waals surface area (Å²) in [5, 5.41) is 14.1. The molecule has 3 aliphatic carbocycles. The van der Waals surface area contributed by atoms with E-state index in [1.54, 1.807) is 0 Å². The summed E-state index contributed by atoms with van der Waals surface area (Å²) in [6, 6.07) is 8.00. The summed E-state index contributed by atoms with van der Waals surface area (Å²) in [4.78, 5) is 28.8. The molecule has 0 unspecified atom stereocenters. The van der Waals surface area contributed by atoms with Crippen LogP contribution in [0.15, 0.2) is 36.4 Å². The highest BCUT2D eigenvalue weighted by atomic mass is 35.5. The number of fused-ring (bicyclic) bond motifs is 3. The molecule has 2 bridgehead atoms. The SMILES string of the molecule is CNC12CCC(NC)(CC1)CC2.CO.NCC=O.O=CCOc1ccc(Cl)c(F)c1.O=CCOc1ccc(Cl)c(F)c1. The number of hydrogen-bond acceptors (Lipinski definition) is 9. The molecule has 0 heterocycles. The number of carbonyl (C=O) groups excluding carboxylic acids is 3. The van der Waals surface area contributed by atoms with E-state index in [4.69, 9.17) is 42.6 Å².